The van der Waals surface area contributed by atoms with Crippen molar-refractivity contribution < 1.29 is 4.79 Å². The monoisotopic (exact) mass is 349 g/mol. The molecule has 1 saturated heterocycles. The van der Waals surface area contributed by atoms with Gasteiger partial charge in [-0.05, 0) is 29.5 Å². The third-order valence-electron chi connectivity index (χ3n) is 5.46. The van der Waals surface area contributed by atoms with Crippen LogP contribution in [0.25, 0.3) is 0 Å². The molecule has 1 fully saturated rings. The van der Waals surface area contributed by atoms with Crippen molar-refractivity contribution in [3.8, 4) is 0 Å². The van der Waals surface area contributed by atoms with Crippen LogP contribution in [0.1, 0.15) is 23.1 Å². The summed E-state index contributed by atoms with van der Waals surface area (Å²) in [5.74, 6) is 0.163. The van der Waals surface area contributed by atoms with Crippen molar-refractivity contribution in [3.05, 3.63) is 71.3 Å². The maximum atomic E-state index is 12.5. The van der Waals surface area contributed by atoms with Crippen LogP contribution in [0.3, 0.4) is 0 Å². The van der Waals surface area contributed by atoms with Gasteiger partial charge in [-0.3, -0.25) is 14.6 Å². The molecule has 4 nitrogen and oxygen atoms in total. The van der Waals surface area contributed by atoms with E-state index in [9.17, 15) is 4.79 Å². The Balaban J connectivity index is 1.23. The average molecular weight is 349 g/mol. The number of amides is 1. The number of hydrogen-bond acceptors (Lipinski definition) is 3. The zero-order chi connectivity index (χ0) is 17.8. The summed E-state index contributed by atoms with van der Waals surface area (Å²) in [7, 11) is 0. The molecule has 2 heterocycles. The molecule has 2 aromatic carbocycles. The average Bonchev–Trinajstić information content (AvgIpc) is 3.09. The van der Waals surface area contributed by atoms with Crippen molar-refractivity contribution in [1.29, 1.82) is 0 Å². The summed E-state index contributed by atoms with van der Waals surface area (Å²) in [5, 5.41) is 3.24. The van der Waals surface area contributed by atoms with E-state index in [1.165, 1.54) is 16.7 Å². The fourth-order valence-electron chi connectivity index (χ4n) is 4.10. The first kappa shape index (κ1) is 17.3. The summed E-state index contributed by atoms with van der Waals surface area (Å²) in [5.41, 5.74) is 4.13. The van der Waals surface area contributed by atoms with Gasteiger partial charge in [0.05, 0.1) is 6.54 Å². The van der Waals surface area contributed by atoms with E-state index in [1.54, 1.807) is 0 Å². The van der Waals surface area contributed by atoms with Crippen molar-refractivity contribution in [2.24, 2.45) is 0 Å². The molecular weight excluding hydrogens is 322 g/mol. The summed E-state index contributed by atoms with van der Waals surface area (Å²) >= 11 is 0. The topological polar surface area (TPSA) is 35.6 Å². The van der Waals surface area contributed by atoms with Crippen LogP contribution in [-0.2, 0) is 24.3 Å². The summed E-state index contributed by atoms with van der Waals surface area (Å²) in [6.07, 6.45) is 2.08. The minimum atomic E-state index is 0.163. The number of carbonyl (C=O) groups is 1. The van der Waals surface area contributed by atoms with Gasteiger partial charge in [-0.25, -0.2) is 0 Å². The Hall–Kier alpha value is -2.17. The highest BCUT2D eigenvalue weighted by Gasteiger charge is 2.25. The maximum Gasteiger partial charge on any atom is 0.234 e. The number of likely N-dealkylation sites (tertiary alicyclic amines) is 1. The molecule has 0 radical (unpaired) electrons. The molecule has 26 heavy (non-hydrogen) atoms. The molecule has 1 N–H and O–H groups in total. The van der Waals surface area contributed by atoms with Crippen molar-refractivity contribution >= 4 is 5.91 Å². The number of benzene rings is 2. The Morgan fingerprint density at radius 3 is 2.58 bits per heavy atom. The Kier molecular flexibility index (Phi) is 5.32. The number of nitrogens with one attached hydrogen (secondary N) is 1. The van der Waals surface area contributed by atoms with Gasteiger partial charge in [0.2, 0.25) is 5.91 Å². The van der Waals surface area contributed by atoms with Crippen molar-refractivity contribution in [1.82, 2.24) is 15.1 Å². The summed E-state index contributed by atoms with van der Waals surface area (Å²) < 4.78 is 0. The van der Waals surface area contributed by atoms with E-state index in [0.717, 1.165) is 45.6 Å². The van der Waals surface area contributed by atoms with Gasteiger partial charge in [-0.2, -0.15) is 0 Å². The van der Waals surface area contributed by atoms with Gasteiger partial charge in [-0.1, -0.05) is 54.6 Å². The molecule has 136 valence electrons. The van der Waals surface area contributed by atoms with Gasteiger partial charge in [0.15, 0.2) is 0 Å². The fraction of sp³-hybridized carbons (Fsp3) is 0.409. The van der Waals surface area contributed by atoms with Gasteiger partial charge >= 0.3 is 0 Å². The highest BCUT2D eigenvalue weighted by atomic mass is 16.2. The molecule has 1 amide bonds. The minimum Gasteiger partial charge on any atom is -0.351 e. The van der Waals surface area contributed by atoms with Crippen LogP contribution in [0, 0.1) is 0 Å². The van der Waals surface area contributed by atoms with Gasteiger partial charge in [0.1, 0.15) is 0 Å². The molecule has 0 bridgehead atoms. The van der Waals surface area contributed by atoms with Gasteiger partial charge < -0.3 is 5.32 Å². The van der Waals surface area contributed by atoms with E-state index in [1.807, 2.05) is 0 Å². The van der Waals surface area contributed by atoms with E-state index in [4.69, 9.17) is 0 Å². The number of fused-ring (bicyclic) bond motifs is 1. The quantitative estimate of drug-likeness (QED) is 0.901. The molecule has 0 unspecified atom stereocenters. The molecule has 4 heteroatoms. The molecule has 0 aromatic heterocycles. The highest BCUT2D eigenvalue weighted by Crippen LogP contribution is 2.18. The largest absolute Gasteiger partial charge is 0.351 e. The van der Waals surface area contributed by atoms with E-state index in [0.29, 0.717) is 6.54 Å². The number of nitrogens with zero attached hydrogens (tertiary/aromatic N) is 2. The number of rotatable bonds is 5. The van der Waals surface area contributed by atoms with Crippen molar-refractivity contribution in [3.63, 3.8) is 0 Å². The van der Waals surface area contributed by atoms with E-state index < -0.39 is 0 Å². The van der Waals surface area contributed by atoms with Gasteiger partial charge in [0, 0.05) is 38.8 Å². The van der Waals surface area contributed by atoms with Crippen LogP contribution >= 0.6 is 0 Å². The van der Waals surface area contributed by atoms with E-state index in [2.05, 4.69) is 69.7 Å². The molecule has 2 aliphatic heterocycles. The predicted molar refractivity (Wildman–Crippen MR) is 104 cm³/mol. The number of hydrogen-bond donors (Lipinski definition) is 1. The number of carbonyl (C=O) groups excluding carboxylic acids is 1. The predicted octanol–water partition coefficient (Wildman–Crippen LogP) is 2.44. The Labute approximate surface area is 155 Å². The van der Waals surface area contributed by atoms with Crippen LogP contribution < -0.4 is 5.32 Å². The molecule has 2 aliphatic rings. The highest BCUT2D eigenvalue weighted by molar-refractivity contribution is 5.78. The SMILES string of the molecule is O=C(CN1CCc2ccccc2C1)N[C@@H]1CCN(Cc2ccccc2)C1. The van der Waals surface area contributed by atoms with Crippen LogP contribution in [0.5, 0.6) is 0 Å². The summed E-state index contributed by atoms with van der Waals surface area (Å²) in [6, 6.07) is 19.4. The lowest BCUT2D eigenvalue weighted by Gasteiger charge is -2.28. The first-order valence-electron chi connectivity index (χ1n) is 9.61. The molecule has 0 saturated carbocycles. The Morgan fingerprint density at radius 2 is 1.73 bits per heavy atom. The lowest BCUT2D eigenvalue weighted by molar-refractivity contribution is -0.123. The molecule has 2 aromatic rings. The van der Waals surface area contributed by atoms with E-state index >= 15 is 0 Å². The first-order valence-corrected chi connectivity index (χ1v) is 9.61. The minimum absolute atomic E-state index is 0.163. The van der Waals surface area contributed by atoms with Crippen molar-refractivity contribution in [2.75, 3.05) is 26.2 Å². The van der Waals surface area contributed by atoms with Crippen molar-refractivity contribution in [2.45, 2.75) is 32.0 Å². The summed E-state index contributed by atoms with van der Waals surface area (Å²) in [4.78, 5) is 17.2. The summed E-state index contributed by atoms with van der Waals surface area (Å²) in [6.45, 7) is 5.32. The molecule has 1 atom stereocenters. The lowest BCUT2D eigenvalue weighted by Crippen LogP contribution is -2.44. The van der Waals surface area contributed by atoms with Crippen LogP contribution in [0.15, 0.2) is 54.6 Å². The second-order valence-electron chi connectivity index (χ2n) is 7.50. The third-order valence-corrected chi connectivity index (χ3v) is 5.46. The molecular formula is C22H27N3O. The Morgan fingerprint density at radius 1 is 0.962 bits per heavy atom. The molecule has 4 rings (SSSR count). The second-order valence-corrected chi connectivity index (χ2v) is 7.50. The normalized spacial score (nSPS) is 20.7. The van der Waals surface area contributed by atoms with Gasteiger partial charge in [-0.15, -0.1) is 0 Å². The zero-order valence-electron chi connectivity index (χ0n) is 15.2. The zero-order valence-corrected chi connectivity index (χ0v) is 15.2. The maximum absolute atomic E-state index is 12.5. The van der Waals surface area contributed by atoms with Gasteiger partial charge in [0.25, 0.3) is 0 Å². The smallest absolute Gasteiger partial charge is 0.234 e. The van der Waals surface area contributed by atoms with Crippen LogP contribution in [0.4, 0.5) is 0 Å². The third kappa shape index (κ3) is 4.32. The standard InChI is InChI=1S/C22H27N3O/c26-22(17-25-12-10-19-8-4-5-9-20(19)15-25)23-21-11-13-24(16-21)14-18-6-2-1-3-7-18/h1-9,21H,10-17H2,(H,23,26)/t21-/m1/s1. The van der Waals surface area contributed by atoms with Crippen LogP contribution in [0.2, 0.25) is 0 Å². The first-order chi connectivity index (χ1) is 12.8. The Bertz CT molecular complexity index is 746. The lowest BCUT2D eigenvalue weighted by atomic mass is 10.00. The fourth-order valence-corrected chi connectivity index (χ4v) is 4.10. The molecule has 0 spiro atoms. The van der Waals surface area contributed by atoms with E-state index in [-0.39, 0.29) is 11.9 Å². The molecule has 0 aliphatic carbocycles. The second kappa shape index (κ2) is 8.02. The van der Waals surface area contributed by atoms with Crippen LogP contribution in [-0.4, -0.2) is 47.9 Å².